The summed E-state index contributed by atoms with van der Waals surface area (Å²) < 4.78 is 0. The van der Waals surface area contributed by atoms with Crippen LogP contribution in [-0.4, -0.2) is 40.2 Å². The normalized spacial score (nSPS) is 15.6. The Bertz CT molecular complexity index is 437. The fraction of sp³-hybridized carbons (Fsp3) is 0.545. The van der Waals surface area contributed by atoms with Gasteiger partial charge in [-0.2, -0.15) is 0 Å². The topological polar surface area (TPSA) is 58.1 Å². The third kappa shape index (κ3) is 3.49. The van der Waals surface area contributed by atoms with Crippen molar-refractivity contribution in [3.63, 3.8) is 0 Å². The van der Waals surface area contributed by atoms with Crippen molar-refractivity contribution in [1.82, 2.24) is 14.9 Å². The number of hydrogen-bond donors (Lipinski definition) is 1. The monoisotopic (exact) mass is 286 g/mol. The molecule has 0 saturated carbocycles. The number of rotatable bonds is 2. The smallest absolute Gasteiger partial charge is 0.323 e. The zero-order valence-corrected chi connectivity index (χ0v) is 11.7. The second-order valence-corrected chi connectivity index (χ2v) is 5.20. The second kappa shape index (κ2) is 6.24. The van der Waals surface area contributed by atoms with Gasteiger partial charge in [0, 0.05) is 19.2 Å². The molecule has 5 nitrogen and oxygen atoms in total. The molecule has 0 aromatic carbocycles. The van der Waals surface area contributed by atoms with Crippen LogP contribution >= 0.6 is 23.4 Å². The maximum atomic E-state index is 12.0. The van der Waals surface area contributed by atoms with Crippen molar-refractivity contribution >= 4 is 35.2 Å². The van der Waals surface area contributed by atoms with E-state index in [1.165, 1.54) is 18.2 Å². The lowest BCUT2D eigenvalue weighted by Gasteiger charge is -2.26. The summed E-state index contributed by atoms with van der Waals surface area (Å²) in [5.41, 5.74) is 0. The Labute approximate surface area is 115 Å². The number of likely N-dealkylation sites (tertiary alicyclic amines) is 1. The third-order valence-electron chi connectivity index (χ3n) is 2.74. The molecule has 1 aromatic rings. The Kier molecular flexibility index (Phi) is 4.66. The molecular formula is C11H15ClN4OS. The van der Waals surface area contributed by atoms with E-state index >= 15 is 0 Å². The highest BCUT2D eigenvalue weighted by atomic mass is 35.5. The molecule has 2 rings (SSSR count). The Hall–Kier alpha value is -1.01. The SMILES string of the molecule is CSc1nc(Cl)cc(NC(=O)N2CCCCC2)n1. The highest BCUT2D eigenvalue weighted by Gasteiger charge is 2.17. The van der Waals surface area contributed by atoms with Crippen LogP contribution in [0.25, 0.3) is 0 Å². The lowest BCUT2D eigenvalue weighted by molar-refractivity contribution is 0.200. The van der Waals surface area contributed by atoms with E-state index in [0.717, 1.165) is 25.9 Å². The van der Waals surface area contributed by atoms with Crippen LogP contribution in [0.5, 0.6) is 0 Å². The van der Waals surface area contributed by atoms with E-state index in [4.69, 9.17) is 11.6 Å². The number of aromatic nitrogens is 2. The first-order chi connectivity index (χ1) is 8.69. The standard InChI is InChI=1S/C11H15ClN4OS/c1-18-10-13-8(12)7-9(14-10)15-11(17)16-5-3-2-4-6-16/h7H,2-6H2,1H3,(H,13,14,15,17). The first-order valence-corrected chi connectivity index (χ1v) is 7.44. The van der Waals surface area contributed by atoms with Crippen LogP contribution < -0.4 is 5.32 Å². The molecule has 0 atom stereocenters. The summed E-state index contributed by atoms with van der Waals surface area (Å²) in [6.45, 7) is 1.61. The average molecular weight is 287 g/mol. The summed E-state index contributed by atoms with van der Waals surface area (Å²) >= 11 is 7.26. The summed E-state index contributed by atoms with van der Waals surface area (Å²) in [5.74, 6) is 0.454. The van der Waals surface area contributed by atoms with E-state index < -0.39 is 0 Å². The number of anilines is 1. The van der Waals surface area contributed by atoms with Crippen molar-refractivity contribution < 1.29 is 4.79 Å². The fourth-order valence-electron chi connectivity index (χ4n) is 1.84. The van der Waals surface area contributed by atoms with Crippen LogP contribution in [0.3, 0.4) is 0 Å². The van der Waals surface area contributed by atoms with Gasteiger partial charge in [-0.05, 0) is 25.5 Å². The molecule has 0 spiro atoms. The van der Waals surface area contributed by atoms with Crippen LogP contribution in [-0.2, 0) is 0 Å². The molecule has 1 aliphatic heterocycles. The fourth-order valence-corrected chi connectivity index (χ4v) is 2.45. The minimum absolute atomic E-state index is 0.114. The second-order valence-electron chi connectivity index (χ2n) is 4.04. The first-order valence-electron chi connectivity index (χ1n) is 5.83. The van der Waals surface area contributed by atoms with Gasteiger partial charge in [-0.1, -0.05) is 23.4 Å². The minimum atomic E-state index is -0.114. The van der Waals surface area contributed by atoms with Crippen molar-refractivity contribution in [2.45, 2.75) is 24.4 Å². The molecule has 0 bridgehead atoms. The van der Waals surface area contributed by atoms with Gasteiger partial charge in [0.05, 0.1) is 0 Å². The summed E-state index contributed by atoms with van der Waals surface area (Å²) in [7, 11) is 0. The molecule has 1 fully saturated rings. The molecule has 2 heterocycles. The van der Waals surface area contributed by atoms with E-state index in [0.29, 0.717) is 16.1 Å². The molecule has 0 aliphatic carbocycles. The summed E-state index contributed by atoms with van der Waals surface area (Å²) in [6.07, 6.45) is 5.18. The molecule has 1 saturated heterocycles. The molecule has 7 heteroatoms. The highest BCUT2D eigenvalue weighted by molar-refractivity contribution is 7.98. The van der Waals surface area contributed by atoms with E-state index in [1.807, 2.05) is 6.26 Å². The molecule has 2 amide bonds. The van der Waals surface area contributed by atoms with Crippen LogP contribution in [0.1, 0.15) is 19.3 Å². The summed E-state index contributed by atoms with van der Waals surface area (Å²) in [5, 5.41) is 3.65. The third-order valence-corrected chi connectivity index (χ3v) is 3.48. The van der Waals surface area contributed by atoms with Gasteiger partial charge in [0.1, 0.15) is 11.0 Å². The maximum Gasteiger partial charge on any atom is 0.323 e. The van der Waals surface area contributed by atoms with Gasteiger partial charge >= 0.3 is 6.03 Å². The molecule has 18 heavy (non-hydrogen) atoms. The van der Waals surface area contributed by atoms with Crippen LogP contribution in [0.4, 0.5) is 10.6 Å². The molecule has 1 N–H and O–H groups in total. The molecule has 98 valence electrons. The predicted octanol–water partition coefficient (Wildman–Crippen LogP) is 2.87. The zero-order valence-electron chi connectivity index (χ0n) is 10.1. The van der Waals surface area contributed by atoms with Crippen molar-refractivity contribution in [3.05, 3.63) is 11.2 Å². The van der Waals surface area contributed by atoms with Gasteiger partial charge in [0.25, 0.3) is 0 Å². The van der Waals surface area contributed by atoms with Crippen molar-refractivity contribution in [2.75, 3.05) is 24.7 Å². The number of nitrogens with one attached hydrogen (secondary N) is 1. The molecule has 0 radical (unpaired) electrons. The van der Waals surface area contributed by atoms with E-state index in [-0.39, 0.29) is 6.03 Å². The minimum Gasteiger partial charge on any atom is -0.325 e. The number of halogens is 1. The van der Waals surface area contributed by atoms with Crippen molar-refractivity contribution in [3.8, 4) is 0 Å². The number of amides is 2. The van der Waals surface area contributed by atoms with E-state index in [9.17, 15) is 4.79 Å². The Balaban J connectivity index is 2.03. The molecule has 0 unspecified atom stereocenters. The van der Waals surface area contributed by atoms with Gasteiger partial charge in [-0.3, -0.25) is 5.32 Å². The van der Waals surface area contributed by atoms with Crippen LogP contribution in [0.2, 0.25) is 5.15 Å². The number of carbonyl (C=O) groups excluding carboxylic acids is 1. The van der Waals surface area contributed by atoms with E-state index in [2.05, 4.69) is 15.3 Å². The Morgan fingerprint density at radius 2 is 2.11 bits per heavy atom. The van der Waals surface area contributed by atoms with Gasteiger partial charge in [-0.15, -0.1) is 0 Å². The zero-order chi connectivity index (χ0) is 13.0. The van der Waals surface area contributed by atoms with Gasteiger partial charge < -0.3 is 4.90 Å². The quantitative estimate of drug-likeness (QED) is 0.516. The first kappa shape index (κ1) is 13.4. The number of carbonyl (C=O) groups is 1. The van der Waals surface area contributed by atoms with Crippen LogP contribution in [0, 0.1) is 0 Å². The Morgan fingerprint density at radius 3 is 2.78 bits per heavy atom. The van der Waals surface area contributed by atoms with Crippen molar-refractivity contribution in [2.24, 2.45) is 0 Å². The summed E-state index contributed by atoms with van der Waals surface area (Å²) in [4.78, 5) is 22.0. The number of hydrogen-bond acceptors (Lipinski definition) is 4. The average Bonchev–Trinajstić information content (AvgIpc) is 2.39. The lowest BCUT2D eigenvalue weighted by atomic mass is 10.1. The predicted molar refractivity (Wildman–Crippen MR) is 73.3 cm³/mol. The highest BCUT2D eigenvalue weighted by Crippen LogP contribution is 2.18. The molecule has 1 aliphatic rings. The number of piperidine rings is 1. The van der Waals surface area contributed by atoms with Gasteiger partial charge in [0.2, 0.25) is 0 Å². The van der Waals surface area contributed by atoms with Crippen LogP contribution in [0.15, 0.2) is 11.2 Å². The van der Waals surface area contributed by atoms with Gasteiger partial charge in [-0.25, -0.2) is 14.8 Å². The van der Waals surface area contributed by atoms with Gasteiger partial charge in [0.15, 0.2) is 5.16 Å². The molecule has 1 aromatic heterocycles. The van der Waals surface area contributed by atoms with E-state index in [1.54, 1.807) is 11.0 Å². The van der Waals surface area contributed by atoms with Crippen molar-refractivity contribution in [1.29, 1.82) is 0 Å². The largest absolute Gasteiger partial charge is 0.325 e. The number of nitrogens with zero attached hydrogens (tertiary/aromatic N) is 3. The maximum absolute atomic E-state index is 12.0. The lowest BCUT2D eigenvalue weighted by Crippen LogP contribution is -2.38. The Morgan fingerprint density at radius 1 is 1.39 bits per heavy atom. The number of thioether (sulfide) groups is 1. The number of urea groups is 1. The summed E-state index contributed by atoms with van der Waals surface area (Å²) in [6, 6.07) is 1.44. The molecular weight excluding hydrogens is 272 g/mol.